The lowest BCUT2D eigenvalue weighted by Gasteiger charge is -2.34. The van der Waals surface area contributed by atoms with Gasteiger partial charge in [0.1, 0.15) is 0 Å². The van der Waals surface area contributed by atoms with Gasteiger partial charge < -0.3 is 15.0 Å². The standard InChI is InChI=1S/C26H35N3O2S/c1-2-28-13-15-29(16-14-28)19-22-11-9-21(10-12-22)18-27-26(30)24-7-3-4-8-25(24)32-20-23-6-5-17-31-23/h3-4,7-12,23H,2,5-6,13-20H2,1H3,(H,27,30). The van der Waals surface area contributed by atoms with E-state index in [1.54, 1.807) is 11.8 Å². The Bertz CT molecular complexity index is 860. The highest BCUT2D eigenvalue weighted by atomic mass is 32.2. The first-order valence-corrected chi connectivity index (χ1v) is 12.8. The molecular formula is C26H35N3O2S. The SMILES string of the molecule is CCN1CCN(Cc2ccc(CNC(=O)c3ccccc3SCC3CCCO3)cc2)CC1. The smallest absolute Gasteiger partial charge is 0.252 e. The van der Waals surface area contributed by atoms with Gasteiger partial charge in [-0.1, -0.05) is 43.3 Å². The molecule has 2 heterocycles. The van der Waals surface area contributed by atoms with Crippen molar-refractivity contribution in [1.29, 1.82) is 0 Å². The summed E-state index contributed by atoms with van der Waals surface area (Å²) in [6.07, 6.45) is 2.57. The number of thioether (sulfide) groups is 1. The highest BCUT2D eigenvalue weighted by molar-refractivity contribution is 7.99. The van der Waals surface area contributed by atoms with E-state index in [0.717, 1.165) is 80.5 Å². The fraction of sp³-hybridized carbons (Fsp3) is 0.500. The number of rotatable bonds is 9. The van der Waals surface area contributed by atoms with Crippen LogP contribution in [0.1, 0.15) is 41.3 Å². The van der Waals surface area contributed by atoms with Gasteiger partial charge in [0.2, 0.25) is 0 Å². The van der Waals surface area contributed by atoms with Gasteiger partial charge in [0.15, 0.2) is 0 Å². The van der Waals surface area contributed by atoms with Gasteiger partial charge in [-0.15, -0.1) is 11.8 Å². The van der Waals surface area contributed by atoms with Crippen LogP contribution in [0.2, 0.25) is 0 Å². The molecule has 2 aliphatic rings. The maximum atomic E-state index is 12.8. The maximum Gasteiger partial charge on any atom is 0.252 e. The first-order valence-electron chi connectivity index (χ1n) is 11.9. The second-order valence-electron chi connectivity index (χ2n) is 8.65. The van der Waals surface area contributed by atoms with E-state index in [2.05, 4.69) is 46.3 Å². The minimum Gasteiger partial charge on any atom is -0.377 e. The van der Waals surface area contributed by atoms with Crippen molar-refractivity contribution in [3.63, 3.8) is 0 Å². The molecule has 172 valence electrons. The molecule has 0 spiro atoms. The Labute approximate surface area is 196 Å². The summed E-state index contributed by atoms with van der Waals surface area (Å²) < 4.78 is 5.72. The van der Waals surface area contributed by atoms with Crippen molar-refractivity contribution in [3.05, 3.63) is 65.2 Å². The Balaban J connectivity index is 1.26. The van der Waals surface area contributed by atoms with Gasteiger partial charge in [-0.25, -0.2) is 0 Å². The Morgan fingerprint density at radius 3 is 2.47 bits per heavy atom. The fourth-order valence-electron chi connectivity index (χ4n) is 4.30. The van der Waals surface area contributed by atoms with Crippen molar-refractivity contribution >= 4 is 17.7 Å². The normalized spacial score (nSPS) is 19.8. The summed E-state index contributed by atoms with van der Waals surface area (Å²) in [5, 5.41) is 3.10. The number of carbonyl (C=O) groups is 1. The van der Waals surface area contributed by atoms with Crippen molar-refractivity contribution < 1.29 is 9.53 Å². The molecule has 0 aliphatic carbocycles. The molecule has 32 heavy (non-hydrogen) atoms. The monoisotopic (exact) mass is 453 g/mol. The van der Waals surface area contributed by atoms with E-state index in [-0.39, 0.29) is 5.91 Å². The highest BCUT2D eigenvalue weighted by Gasteiger charge is 2.18. The molecule has 2 fully saturated rings. The number of hydrogen-bond donors (Lipinski definition) is 1. The third kappa shape index (κ3) is 6.58. The second-order valence-corrected chi connectivity index (χ2v) is 9.71. The summed E-state index contributed by atoms with van der Waals surface area (Å²) in [6.45, 7) is 10.4. The van der Waals surface area contributed by atoms with Crippen LogP contribution in [0.15, 0.2) is 53.4 Å². The van der Waals surface area contributed by atoms with Crippen LogP contribution in [-0.2, 0) is 17.8 Å². The zero-order chi connectivity index (χ0) is 22.2. The van der Waals surface area contributed by atoms with E-state index < -0.39 is 0 Å². The average molecular weight is 454 g/mol. The molecule has 0 aromatic heterocycles. The van der Waals surface area contributed by atoms with Gasteiger partial charge in [0.25, 0.3) is 5.91 Å². The molecule has 2 aromatic rings. The lowest BCUT2D eigenvalue weighted by molar-refractivity contribution is 0.0947. The molecule has 0 radical (unpaired) electrons. The summed E-state index contributed by atoms with van der Waals surface area (Å²) >= 11 is 1.72. The Kier molecular flexibility index (Phi) is 8.62. The van der Waals surface area contributed by atoms with Crippen LogP contribution in [0.4, 0.5) is 0 Å². The Hall–Kier alpha value is -1.86. The van der Waals surface area contributed by atoms with E-state index in [0.29, 0.717) is 12.6 Å². The number of ether oxygens (including phenoxy) is 1. The third-order valence-electron chi connectivity index (χ3n) is 6.37. The third-order valence-corrected chi connectivity index (χ3v) is 7.58. The van der Waals surface area contributed by atoms with Gasteiger partial charge in [-0.2, -0.15) is 0 Å². The zero-order valence-electron chi connectivity index (χ0n) is 19.1. The van der Waals surface area contributed by atoms with Crippen LogP contribution in [0, 0.1) is 0 Å². The van der Waals surface area contributed by atoms with E-state index in [9.17, 15) is 4.79 Å². The first-order chi connectivity index (χ1) is 15.7. The number of carbonyl (C=O) groups excluding carboxylic acids is 1. The van der Waals surface area contributed by atoms with Gasteiger partial charge in [-0.3, -0.25) is 9.69 Å². The minimum atomic E-state index is -0.0155. The average Bonchev–Trinajstić information content (AvgIpc) is 3.36. The van der Waals surface area contributed by atoms with Gasteiger partial charge in [0.05, 0.1) is 11.7 Å². The summed E-state index contributed by atoms with van der Waals surface area (Å²) in [5.74, 6) is 0.887. The number of nitrogens with zero attached hydrogens (tertiary/aromatic N) is 2. The number of piperazine rings is 1. The number of nitrogens with one attached hydrogen (secondary N) is 1. The lowest BCUT2D eigenvalue weighted by Crippen LogP contribution is -2.45. The number of likely N-dealkylation sites (N-methyl/N-ethyl adjacent to an activating group) is 1. The van der Waals surface area contributed by atoms with Crippen LogP contribution < -0.4 is 5.32 Å². The molecule has 5 nitrogen and oxygen atoms in total. The van der Waals surface area contributed by atoms with Crippen LogP contribution >= 0.6 is 11.8 Å². The van der Waals surface area contributed by atoms with Crippen molar-refractivity contribution in [3.8, 4) is 0 Å². The van der Waals surface area contributed by atoms with E-state index in [1.165, 1.54) is 5.56 Å². The molecule has 1 N–H and O–H groups in total. The summed E-state index contributed by atoms with van der Waals surface area (Å²) in [7, 11) is 0. The minimum absolute atomic E-state index is 0.0155. The number of benzene rings is 2. The lowest BCUT2D eigenvalue weighted by atomic mass is 10.1. The highest BCUT2D eigenvalue weighted by Crippen LogP contribution is 2.26. The first kappa shape index (κ1) is 23.3. The quantitative estimate of drug-likeness (QED) is 0.581. The number of amides is 1. The summed E-state index contributed by atoms with van der Waals surface area (Å²) in [4.78, 5) is 18.9. The Morgan fingerprint density at radius 2 is 1.75 bits per heavy atom. The van der Waals surface area contributed by atoms with Gasteiger partial charge in [-0.05, 0) is 42.6 Å². The van der Waals surface area contributed by atoms with Gasteiger partial charge >= 0.3 is 0 Å². The second kappa shape index (κ2) is 11.8. The predicted molar refractivity (Wildman–Crippen MR) is 131 cm³/mol. The molecule has 0 saturated carbocycles. The van der Waals surface area contributed by atoms with E-state index >= 15 is 0 Å². The van der Waals surface area contributed by atoms with Crippen molar-refractivity contribution in [2.75, 3.05) is 45.1 Å². The summed E-state index contributed by atoms with van der Waals surface area (Å²) in [6, 6.07) is 16.5. The van der Waals surface area contributed by atoms with Crippen LogP contribution in [0.5, 0.6) is 0 Å². The maximum absolute atomic E-state index is 12.8. The van der Waals surface area contributed by atoms with Crippen molar-refractivity contribution in [1.82, 2.24) is 15.1 Å². The molecular weight excluding hydrogens is 418 g/mol. The van der Waals surface area contributed by atoms with Crippen molar-refractivity contribution in [2.45, 2.75) is 43.9 Å². The molecule has 1 unspecified atom stereocenters. The fourth-order valence-corrected chi connectivity index (χ4v) is 5.42. The Morgan fingerprint density at radius 1 is 1.03 bits per heavy atom. The molecule has 1 atom stereocenters. The molecule has 4 rings (SSSR count). The van der Waals surface area contributed by atoms with Crippen LogP contribution in [-0.4, -0.2) is 66.9 Å². The number of hydrogen-bond acceptors (Lipinski definition) is 5. The molecule has 6 heteroatoms. The van der Waals surface area contributed by atoms with E-state index in [4.69, 9.17) is 4.74 Å². The van der Waals surface area contributed by atoms with Crippen molar-refractivity contribution in [2.24, 2.45) is 0 Å². The van der Waals surface area contributed by atoms with Crippen LogP contribution in [0.3, 0.4) is 0 Å². The molecule has 2 aromatic carbocycles. The van der Waals surface area contributed by atoms with E-state index in [1.807, 2.05) is 24.3 Å². The molecule has 1 amide bonds. The molecule has 2 aliphatic heterocycles. The van der Waals surface area contributed by atoms with Crippen LogP contribution in [0.25, 0.3) is 0 Å². The predicted octanol–water partition coefficient (Wildman–Crippen LogP) is 4.03. The topological polar surface area (TPSA) is 44.8 Å². The molecule has 2 saturated heterocycles. The van der Waals surface area contributed by atoms with Gasteiger partial charge in [0, 0.05) is 56.5 Å². The summed E-state index contributed by atoms with van der Waals surface area (Å²) in [5.41, 5.74) is 3.21. The zero-order valence-corrected chi connectivity index (χ0v) is 19.9. The molecule has 0 bridgehead atoms. The largest absolute Gasteiger partial charge is 0.377 e.